The van der Waals surface area contributed by atoms with E-state index in [9.17, 15) is 4.89 Å². The molecule has 0 saturated carbocycles. The van der Waals surface area contributed by atoms with Gasteiger partial charge in [0.1, 0.15) is 0 Å². The van der Waals surface area contributed by atoms with E-state index in [-0.39, 0.29) is 0 Å². The van der Waals surface area contributed by atoms with Crippen molar-refractivity contribution in [3.63, 3.8) is 0 Å². The van der Waals surface area contributed by atoms with Gasteiger partial charge in [0.05, 0.1) is 0 Å². The fourth-order valence-electron chi connectivity index (χ4n) is 9.57. The molecule has 0 amide bonds. The molecule has 3 nitrogen and oxygen atoms in total. The van der Waals surface area contributed by atoms with Gasteiger partial charge in [0, 0.05) is 0 Å². The fourth-order valence-corrected chi connectivity index (χ4v) is 13.0. The van der Waals surface area contributed by atoms with E-state index in [2.05, 4.69) is 151 Å². The standard InChI is InChI=1S/C46H33N2OP/c1-2-44-47-40-21-12-22-42-45(40)48(44)41-26-24-30(28-43(41)50(42,49)31-13-4-3-5-14-31)29-23-25-35-34-17-8-11-20-38(34)46(39(35)27-29)36-18-9-6-15-32(36)33-16-7-10-19-37(33)46/h3-28,49-50H,2H2,1H3. The summed E-state index contributed by atoms with van der Waals surface area (Å²) in [6.45, 7) is 2.16. The Morgan fingerprint density at radius 3 is 1.80 bits per heavy atom. The molecule has 0 unspecified atom stereocenters. The predicted molar refractivity (Wildman–Crippen MR) is 208 cm³/mol. The maximum atomic E-state index is 13.3. The molecule has 1 spiro atoms. The Bertz CT molecular complexity index is 2660. The van der Waals surface area contributed by atoms with Crippen LogP contribution in [0.25, 0.3) is 50.1 Å². The first-order valence-electron chi connectivity index (χ1n) is 17.5. The summed E-state index contributed by atoms with van der Waals surface area (Å²) in [5.74, 6) is 1.02. The minimum absolute atomic E-state index is 0.403. The van der Waals surface area contributed by atoms with Crippen molar-refractivity contribution in [3.05, 3.63) is 186 Å². The molecular weight excluding hydrogens is 627 g/mol. The molecule has 1 N–H and O–H groups in total. The molecule has 7 aromatic carbocycles. The summed E-state index contributed by atoms with van der Waals surface area (Å²) >= 11 is 0. The van der Waals surface area contributed by atoms with Crippen LogP contribution in [0.2, 0.25) is 0 Å². The molecule has 2 heterocycles. The molecule has 8 aromatic rings. The number of aromatic nitrogens is 2. The van der Waals surface area contributed by atoms with Crippen molar-refractivity contribution in [2.24, 2.45) is 0 Å². The third-order valence-corrected chi connectivity index (χ3v) is 15.1. The van der Waals surface area contributed by atoms with Gasteiger partial charge >= 0.3 is 293 Å². The van der Waals surface area contributed by atoms with Gasteiger partial charge < -0.3 is 0 Å². The summed E-state index contributed by atoms with van der Waals surface area (Å²) in [4.78, 5) is 18.3. The summed E-state index contributed by atoms with van der Waals surface area (Å²) in [5.41, 5.74) is 15.4. The number of hydrogen-bond donors (Lipinski definition) is 1. The molecule has 238 valence electrons. The van der Waals surface area contributed by atoms with E-state index in [0.29, 0.717) is 0 Å². The second-order valence-corrected chi connectivity index (χ2v) is 16.9. The Kier molecular flexibility index (Phi) is 5.64. The van der Waals surface area contributed by atoms with E-state index in [4.69, 9.17) is 4.98 Å². The van der Waals surface area contributed by atoms with Gasteiger partial charge in [-0.05, 0) is 0 Å². The summed E-state index contributed by atoms with van der Waals surface area (Å²) in [6, 6.07) is 57.2. The Morgan fingerprint density at radius 1 is 0.560 bits per heavy atom. The van der Waals surface area contributed by atoms with Crippen LogP contribution in [-0.4, -0.2) is 14.4 Å². The normalized spacial score (nSPS) is 15.6. The van der Waals surface area contributed by atoms with E-state index < -0.39 is 12.9 Å². The van der Waals surface area contributed by atoms with E-state index in [1.54, 1.807) is 0 Å². The monoisotopic (exact) mass is 660 g/mol. The summed E-state index contributed by atoms with van der Waals surface area (Å²) in [5, 5.41) is 2.99. The number of benzene rings is 7. The molecule has 50 heavy (non-hydrogen) atoms. The molecule has 0 atom stereocenters. The van der Waals surface area contributed by atoms with Crippen molar-refractivity contribution in [2.45, 2.75) is 18.8 Å². The van der Waals surface area contributed by atoms with E-state index in [0.717, 1.165) is 56.0 Å². The van der Waals surface area contributed by atoms with Crippen molar-refractivity contribution in [1.82, 2.24) is 9.55 Å². The van der Waals surface area contributed by atoms with E-state index in [1.807, 2.05) is 18.2 Å². The summed E-state index contributed by atoms with van der Waals surface area (Å²) in [6.07, 6.45) is 0.803. The SMILES string of the molecule is CCc1nc2cccc3c2n1-c1ccc(-c2ccc4c(c2)C2(c5ccccc5-c5ccccc52)c2ccccc2-4)cc1[PH]3(O)c1ccccc1. The maximum absolute atomic E-state index is 13.3. The second-order valence-electron chi connectivity index (χ2n) is 13.8. The van der Waals surface area contributed by atoms with E-state index in [1.165, 1.54) is 44.5 Å². The number of hydrogen-bond acceptors (Lipinski definition) is 2. The topological polar surface area (TPSA) is 38.0 Å². The molecule has 0 radical (unpaired) electrons. The number of aryl methyl sites for hydroxylation is 1. The molecule has 11 rings (SSSR count). The van der Waals surface area contributed by atoms with Gasteiger partial charge in [-0.15, -0.1) is 0 Å². The van der Waals surface area contributed by atoms with Crippen LogP contribution in [0, 0.1) is 0 Å². The van der Waals surface area contributed by atoms with Gasteiger partial charge in [0.15, 0.2) is 0 Å². The zero-order valence-corrected chi connectivity index (χ0v) is 28.6. The van der Waals surface area contributed by atoms with Crippen LogP contribution in [0.15, 0.2) is 158 Å². The number of rotatable bonds is 3. The summed E-state index contributed by atoms with van der Waals surface area (Å²) in [7, 11) is -3.41. The molecular formula is C46H33N2OP. The molecule has 1 aliphatic heterocycles. The van der Waals surface area contributed by atoms with Crippen molar-refractivity contribution < 1.29 is 4.89 Å². The number of nitrogens with zero attached hydrogens (tertiary/aromatic N) is 2. The third-order valence-electron chi connectivity index (χ3n) is 11.6. The van der Waals surface area contributed by atoms with Crippen LogP contribution in [0.1, 0.15) is 35.0 Å². The van der Waals surface area contributed by atoms with Crippen LogP contribution in [0.5, 0.6) is 0 Å². The first-order valence-corrected chi connectivity index (χ1v) is 19.5. The molecule has 3 aliphatic rings. The fraction of sp³-hybridized carbons (Fsp3) is 0.0652. The average Bonchev–Trinajstić information content (AvgIpc) is 3.81. The number of imidazole rings is 1. The molecule has 0 bridgehead atoms. The van der Waals surface area contributed by atoms with Crippen LogP contribution < -0.4 is 15.9 Å². The van der Waals surface area contributed by atoms with Gasteiger partial charge in [0.2, 0.25) is 0 Å². The zero-order valence-electron chi connectivity index (χ0n) is 27.6. The van der Waals surface area contributed by atoms with Gasteiger partial charge in [-0.2, -0.15) is 0 Å². The predicted octanol–water partition coefficient (Wildman–Crippen LogP) is 8.85. The molecule has 4 heteroatoms. The number of para-hydroxylation sites is 1. The van der Waals surface area contributed by atoms with Crippen molar-refractivity contribution in [2.75, 3.05) is 0 Å². The molecule has 0 fully saturated rings. The Hall–Kier alpha value is -5.60. The molecule has 1 aromatic heterocycles. The Morgan fingerprint density at radius 2 is 1.14 bits per heavy atom. The van der Waals surface area contributed by atoms with Gasteiger partial charge in [-0.3, -0.25) is 0 Å². The van der Waals surface area contributed by atoms with Crippen molar-refractivity contribution in [1.29, 1.82) is 0 Å². The van der Waals surface area contributed by atoms with Gasteiger partial charge in [-0.25, -0.2) is 0 Å². The van der Waals surface area contributed by atoms with Crippen LogP contribution in [0.3, 0.4) is 0 Å². The zero-order chi connectivity index (χ0) is 33.2. The van der Waals surface area contributed by atoms with Gasteiger partial charge in [-0.1, -0.05) is 0 Å². The van der Waals surface area contributed by atoms with Gasteiger partial charge in [0.25, 0.3) is 0 Å². The van der Waals surface area contributed by atoms with Crippen molar-refractivity contribution in [3.8, 4) is 39.1 Å². The third kappa shape index (κ3) is 3.34. The summed E-state index contributed by atoms with van der Waals surface area (Å²) < 4.78 is 2.30. The molecule has 0 saturated heterocycles. The van der Waals surface area contributed by atoms with Crippen LogP contribution in [-0.2, 0) is 11.8 Å². The molecule has 2 aliphatic carbocycles. The Labute approximate surface area is 291 Å². The van der Waals surface area contributed by atoms with E-state index >= 15 is 0 Å². The Balaban J connectivity index is 1.18. The average molecular weight is 661 g/mol. The van der Waals surface area contributed by atoms with Crippen molar-refractivity contribution >= 4 is 34.4 Å². The van der Waals surface area contributed by atoms with Crippen LogP contribution >= 0.6 is 7.49 Å². The first-order chi connectivity index (χ1) is 24.6. The first kappa shape index (κ1) is 28.3. The second kappa shape index (κ2) is 9.98. The van der Waals surface area contributed by atoms with Crippen LogP contribution in [0.4, 0.5) is 0 Å². The minimum atomic E-state index is -3.41. The quantitative estimate of drug-likeness (QED) is 0.192. The number of fused-ring (bicyclic) bond motifs is 12.